The molecule has 4 atom stereocenters. The fraction of sp³-hybridized carbons (Fsp3) is 0.446. The third-order valence-corrected chi connectivity index (χ3v) is 16.5. The molecule has 1 saturated carbocycles. The fourth-order valence-corrected chi connectivity index (χ4v) is 11.8. The highest BCUT2D eigenvalue weighted by atomic mass is 32.2. The van der Waals surface area contributed by atoms with Crippen molar-refractivity contribution < 1.29 is 38.1 Å². The highest BCUT2D eigenvalue weighted by molar-refractivity contribution is 7.99. The van der Waals surface area contributed by atoms with Gasteiger partial charge in [0, 0.05) is 67.3 Å². The summed E-state index contributed by atoms with van der Waals surface area (Å²) in [5, 5.41) is 19.5. The van der Waals surface area contributed by atoms with E-state index in [0.717, 1.165) is 59.1 Å². The number of alkyl halides is 1. The molecule has 13 nitrogen and oxygen atoms in total. The van der Waals surface area contributed by atoms with Gasteiger partial charge in [0.25, 0.3) is 5.91 Å². The number of halogens is 1. The molecular formula is C56H65FN6O7S2. The van der Waals surface area contributed by atoms with Crippen LogP contribution in [0.5, 0.6) is 5.75 Å². The second-order valence-corrected chi connectivity index (χ2v) is 22.7. The van der Waals surface area contributed by atoms with E-state index in [4.69, 9.17) is 9.47 Å². The number of β-amino-alcohol motifs (C(OH)–C–C–N with tert-alkyl or cyclic N) is 1. The molecule has 9 rings (SSSR count). The molecule has 72 heavy (non-hydrogen) atoms. The number of aliphatic hydroxyl groups is 1. The minimum atomic E-state index is -1.97. The number of alkyl carbamates (subject to hydrolysis) is 1. The van der Waals surface area contributed by atoms with E-state index in [1.165, 1.54) is 27.2 Å². The van der Waals surface area contributed by atoms with Gasteiger partial charge in [-0.05, 0) is 90.0 Å². The quantitative estimate of drug-likeness (QED) is 0.0557. The highest BCUT2D eigenvalue weighted by Crippen LogP contribution is 2.45. The molecule has 0 bridgehead atoms. The molecule has 4 aromatic carbocycles. The van der Waals surface area contributed by atoms with E-state index in [1.807, 2.05) is 73.1 Å². The van der Waals surface area contributed by atoms with Gasteiger partial charge < -0.3 is 40.3 Å². The van der Waals surface area contributed by atoms with E-state index < -0.39 is 53.1 Å². The monoisotopic (exact) mass is 1020 g/mol. The largest absolute Gasteiger partial charge is 0.493 e. The van der Waals surface area contributed by atoms with Crippen LogP contribution < -0.4 is 20.7 Å². The first-order valence-corrected chi connectivity index (χ1v) is 26.9. The second-order valence-electron chi connectivity index (χ2n) is 20.8. The molecule has 2 saturated heterocycles. The number of hydrogen-bond donors (Lipinski definition) is 4. The Kier molecular flexibility index (Phi) is 15.7. The molecule has 4 amide bonds. The van der Waals surface area contributed by atoms with Gasteiger partial charge in [0.2, 0.25) is 11.8 Å². The summed E-state index contributed by atoms with van der Waals surface area (Å²) in [5.74, 6) is -0.0560. The number of aliphatic hydroxyl groups excluding tert-OH is 1. The van der Waals surface area contributed by atoms with Crippen molar-refractivity contribution in [1.29, 1.82) is 0 Å². The number of rotatable bonds is 20. The first-order valence-electron chi connectivity index (χ1n) is 25.1. The topological polar surface area (TPSA) is 162 Å². The van der Waals surface area contributed by atoms with Gasteiger partial charge in [-0.2, -0.15) is 0 Å². The SMILES string of the molecule is Cc1ncsc1-c1ccc(CNC(=O)[C@@H]2C[C@@H](O)CN2C(=O)[C@@H](NC(=O)C2(F)CC2)C(C)(C)C)c(OCCC2CN(CC[C@H](CSc3ccccc3)NC(=O)OCC3c4ccccc4-c4ccccc43)C2)c1. The van der Waals surface area contributed by atoms with E-state index in [0.29, 0.717) is 24.0 Å². The summed E-state index contributed by atoms with van der Waals surface area (Å²) >= 11 is 3.26. The number of nitrogens with zero attached hydrogens (tertiary/aromatic N) is 3. The van der Waals surface area contributed by atoms with Crippen LogP contribution in [0.25, 0.3) is 21.6 Å². The lowest BCUT2D eigenvalue weighted by Crippen LogP contribution is -2.59. The molecule has 4 N–H and O–H groups in total. The van der Waals surface area contributed by atoms with Gasteiger partial charge in [-0.1, -0.05) is 99.6 Å². The van der Waals surface area contributed by atoms with E-state index in [2.05, 4.69) is 62.2 Å². The number of benzene rings is 4. The summed E-state index contributed by atoms with van der Waals surface area (Å²) in [6.07, 6.45) is 0.495. The van der Waals surface area contributed by atoms with Crippen LogP contribution in [-0.4, -0.2) is 119 Å². The van der Waals surface area contributed by atoms with Crippen molar-refractivity contribution in [2.75, 3.05) is 45.1 Å². The Balaban J connectivity index is 0.782. The third kappa shape index (κ3) is 12.0. The predicted octanol–water partition coefficient (Wildman–Crippen LogP) is 8.52. The van der Waals surface area contributed by atoms with E-state index in [9.17, 15) is 28.7 Å². The number of nitrogens with one attached hydrogen (secondary N) is 3. The summed E-state index contributed by atoms with van der Waals surface area (Å²) in [5.41, 5.74) is 6.40. The smallest absolute Gasteiger partial charge is 0.407 e. The average Bonchev–Trinajstić information content (AvgIpc) is 3.61. The Hall–Kier alpha value is -5.81. The van der Waals surface area contributed by atoms with Crippen LogP contribution in [-0.2, 0) is 25.7 Å². The zero-order valence-corrected chi connectivity index (χ0v) is 43.0. The van der Waals surface area contributed by atoms with Crippen molar-refractivity contribution in [3.63, 3.8) is 0 Å². The van der Waals surface area contributed by atoms with Crippen molar-refractivity contribution >= 4 is 46.9 Å². The maximum Gasteiger partial charge on any atom is 0.407 e. The van der Waals surface area contributed by atoms with E-state index in [1.54, 1.807) is 43.9 Å². The zero-order valence-electron chi connectivity index (χ0n) is 41.4. The standard InChI is InChI=1S/C56H65FN6O7S2/c1-35-49(72-34-59-35)37-18-19-38(28-58-51(65)47-27-40(64)31-63(47)52(66)50(55(2,3)4)61-53(67)56(57)22-23-56)48(26-37)69-25-21-36-29-62(30-36)24-20-39(33-71-41-12-6-5-7-13-41)60-54(68)70-32-46-44-16-10-8-14-42(44)43-15-9-11-17-45(43)46/h5-19,26,34,36,39-40,46-47,50,64H,20-25,27-33H2,1-4H3,(H,58,65)(H,60,68)(H,61,67)/t39-,40-,47+,50-/m1/s1. The molecule has 3 heterocycles. The van der Waals surface area contributed by atoms with Gasteiger partial charge in [0.1, 0.15) is 24.4 Å². The molecule has 380 valence electrons. The molecule has 2 aliphatic heterocycles. The van der Waals surface area contributed by atoms with Crippen LogP contribution in [0.3, 0.4) is 0 Å². The Morgan fingerprint density at radius 2 is 1.62 bits per heavy atom. The predicted molar refractivity (Wildman–Crippen MR) is 279 cm³/mol. The van der Waals surface area contributed by atoms with E-state index in [-0.39, 0.29) is 50.9 Å². The van der Waals surface area contributed by atoms with Crippen LogP contribution in [0.15, 0.2) is 107 Å². The summed E-state index contributed by atoms with van der Waals surface area (Å²) in [4.78, 5) is 64.4. The normalized spacial score (nSPS) is 19.1. The average molecular weight is 1020 g/mol. The van der Waals surface area contributed by atoms with Gasteiger partial charge in [-0.25, -0.2) is 14.2 Å². The minimum Gasteiger partial charge on any atom is -0.493 e. The summed E-state index contributed by atoms with van der Waals surface area (Å²) in [7, 11) is 0. The Bertz CT molecular complexity index is 2690. The number of carbonyl (C=O) groups is 4. The van der Waals surface area contributed by atoms with Crippen molar-refractivity contribution in [2.24, 2.45) is 11.3 Å². The van der Waals surface area contributed by atoms with Crippen molar-refractivity contribution in [3.05, 3.63) is 125 Å². The summed E-state index contributed by atoms with van der Waals surface area (Å²) in [6.45, 7) is 10.7. The van der Waals surface area contributed by atoms with Crippen LogP contribution in [0.4, 0.5) is 9.18 Å². The zero-order chi connectivity index (χ0) is 50.6. The Labute approximate surface area is 429 Å². The lowest BCUT2D eigenvalue weighted by Gasteiger charge is -2.40. The van der Waals surface area contributed by atoms with Gasteiger partial charge >= 0.3 is 6.09 Å². The number of fused-ring (bicyclic) bond motifs is 3. The first kappa shape index (κ1) is 51.1. The summed E-state index contributed by atoms with van der Waals surface area (Å²) < 4.78 is 27.2. The Morgan fingerprint density at radius 1 is 0.931 bits per heavy atom. The number of thioether (sulfide) groups is 1. The number of likely N-dealkylation sites (tertiary alicyclic amines) is 2. The van der Waals surface area contributed by atoms with Gasteiger partial charge in [-0.15, -0.1) is 23.1 Å². The number of aromatic nitrogens is 1. The van der Waals surface area contributed by atoms with Crippen LogP contribution in [0.1, 0.15) is 81.2 Å². The van der Waals surface area contributed by atoms with Crippen molar-refractivity contribution in [2.45, 2.75) is 107 Å². The number of aryl methyl sites for hydroxylation is 1. The number of amides is 4. The van der Waals surface area contributed by atoms with Gasteiger partial charge in [0.05, 0.1) is 28.8 Å². The molecule has 0 radical (unpaired) electrons. The molecule has 4 aliphatic rings. The maximum absolute atomic E-state index is 14.7. The first-order chi connectivity index (χ1) is 34.6. The lowest BCUT2D eigenvalue weighted by atomic mass is 9.85. The highest BCUT2D eigenvalue weighted by Gasteiger charge is 2.53. The number of hydrogen-bond acceptors (Lipinski definition) is 11. The molecular weight excluding hydrogens is 952 g/mol. The fourth-order valence-electron chi connectivity index (χ4n) is 10.0. The van der Waals surface area contributed by atoms with Gasteiger partial charge in [0.15, 0.2) is 5.67 Å². The lowest BCUT2D eigenvalue weighted by molar-refractivity contribution is -0.145. The van der Waals surface area contributed by atoms with Crippen molar-refractivity contribution in [1.82, 2.24) is 30.7 Å². The minimum absolute atomic E-state index is 0.0142. The maximum atomic E-state index is 14.7. The molecule has 3 fully saturated rings. The molecule has 0 unspecified atom stereocenters. The van der Waals surface area contributed by atoms with Crippen LogP contribution in [0, 0.1) is 18.3 Å². The second kappa shape index (κ2) is 22.1. The third-order valence-electron chi connectivity index (χ3n) is 14.3. The van der Waals surface area contributed by atoms with Crippen LogP contribution in [0.2, 0.25) is 0 Å². The molecule has 2 aliphatic carbocycles. The summed E-state index contributed by atoms with van der Waals surface area (Å²) in [6, 6.07) is 30.6. The Morgan fingerprint density at radius 3 is 2.29 bits per heavy atom. The van der Waals surface area contributed by atoms with E-state index >= 15 is 0 Å². The number of thiazole rings is 1. The van der Waals surface area contributed by atoms with Gasteiger partial charge in [-0.3, -0.25) is 14.4 Å². The molecule has 16 heteroatoms. The van der Waals surface area contributed by atoms with Crippen molar-refractivity contribution in [3.8, 4) is 27.3 Å². The number of carbonyl (C=O) groups excluding carboxylic acids is 4. The molecule has 1 aromatic heterocycles. The number of ether oxygens (including phenoxy) is 2. The van der Waals surface area contributed by atoms with Crippen LogP contribution >= 0.6 is 23.1 Å². The molecule has 0 spiro atoms. The molecule has 5 aromatic rings.